The van der Waals surface area contributed by atoms with E-state index in [2.05, 4.69) is 11.9 Å². The van der Waals surface area contributed by atoms with Crippen LogP contribution >= 0.6 is 0 Å². The van der Waals surface area contributed by atoms with Gasteiger partial charge in [0.1, 0.15) is 0 Å². The van der Waals surface area contributed by atoms with Gasteiger partial charge in [0.15, 0.2) is 0 Å². The molecule has 1 amide bonds. The van der Waals surface area contributed by atoms with Gasteiger partial charge in [-0.25, -0.2) is 0 Å². The first-order valence-electron chi connectivity index (χ1n) is 7.32. The number of carbonyl (C=O) groups excluding carboxylic acids is 1. The lowest BCUT2D eigenvalue weighted by molar-refractivity contribution is -0.155. The molecule has 1 fully saturated rings. The summed E-state index contributed by atoms with van der Waals surface area (Å²) in [6, 6.07) is 0. The molecule has 1 rings (SSSR count). The Morgan fingerprint density at radius 2 is 2.05 bits per heavy atom. The number of carboxylic acids is 1. The van der Waals surface area contributed by atoms with E-state index in [-0.39, 0.29) is 18.2 Å². The highest BCUT2D eigenvalue weighted by molar-refractivity contribution is 5.84. The first-order chi connectivity index (χ1) is 9.16. The van der Waals surface area contributed by atoms with Gasteiger partial charge < -0.3 is 14.9 Å². The third kappa shape index (κ3) is 3.95. The van der Waals surface area contributed by atoms with Gasteiger partial charge in [0.05, 0.1) is 5.41 Å². The standard InChI is InChI=1S/C15H28N2O3/c1-11(2)15(3,14(19)20)8-13(18)17(5)10-12-6-7-16(4)9-12/h11-12H,6-10H2,1-5H3,(H,19,20). The van der Waals surface area contributed by atoms with Gasteiger partial charge in [-0.2, -0.15) is 0 Å². The quantitative estimate of drug-likeness (QED) is 0.803. The molecule has 0 aliphatic carbocycles. The maximum Gasteiger partial charge on any atom is 0.310 e. The SMILES string of the molecule is CC(C)C(C)(CC(=O)N(C)CC1CCN(C)C1)C(=O)O. The number of hydrogen-bond donors (Lipinski definition) is 1. The number of aliphatic carboxylic acids is 1. The minimum absolute atomic E-state index is 0.0685. The van der Waals surface area contributed by atoms with E-state index < -0.39 is 11.4 Å². The van der Waals surface area contributed by atoms with Crippen molar-refractivity contribution in [2.45, 2.75) is 33.6 Å². The van der Waals surface area contributed by atoms with Crippen LogP contribution in [-0.2, 0) is 9.59 Å². The summed E-state index contributed by atoms with van der Waals surface area (Å²) in [7, 11) is 3.87. The lowest BCUT2D eigenvalue weighted by Gasteiger charge is -2.31. The maximum atomic E-state index is 12.3. The van der Waals surface area contributed by atoms with E-state index in [4.69, 9.17) is 0 Å². The summed E-state index contributed by atoms with van der Waals surface area (Å²) in [6.07, 6.45) is 1.17. The van der Waals surface area contributed by atoms with Crippen molar-refractivity contribution in [2.75, 3.05) is 33.7 Å². The zero-order valence-electron chi connectivity index (χ0n) is 13.3. The zero-order chi connectivity index (χ0) is 15.5. The van der Waals surface area contributed by atoms with Crippen LogP contribution in [-0.4, -0.2) is 60.5 Å². The highest BCUT2D eigenvalue weighted by Gasteiger charge is 2.39. The molecular formula is C15H28N2O3. The van der Waals surface area contributed by atoms with Crippen molar-refractivity contribution < 1.29 is 14.7 Å². The molecule has 0 bridgehead atoms. The lowest BCUT2D eigenvalue weighted by atomic mass is 9.76. The van der Waals surface area contributed by atoms with E-state index in [9.17, 15) is 14.7 Å². The molecule has 0 spiro atoms. The summed E-state index contributed by atoms with van der Waals surface area (Å²) in [5.74, 6) is -0.535. The second kappa shape index (κ2) is 6.57. The molecule has 20 heavy (non-hydrogen) atoms. The fourth-order valence-corrected chi connectivity index (χ4v) is 2.64. The molecule has 1 saturated heterocycles. The monoisotopic (exact) mass is 284 g/mol. The predicted octanol–water partition coefficient (Wildman–Crippen LogP) is 1.53. The molecule has 5 nitrogen and oxygen atoms in total. The molecule has 0 aromatic heterocycles. The lowest BCUT2D eigenvalue weighted by Crippen LogP contribution is -2.41. The van der Waals surface area contributed by atoms with Crippen molar-refractivity contribution >= 4 is 11.9 Å². The minimum atomic E-state index is -0.988. The third-order valence-corrected chi connectivity index (χ3v) is 4.73. The summed E-state index contributed by atoms with van der Waals surface area (Å²) >= 11 is 0. The molecule has 0 aromatic carbocycles. The molecule has 0 saturated carbocycles. The van der Waals surface area contributed by atoms with Gasteiger partial charge in [-0.05, 0) is 38.8 Å². The fourth-order valence-electron chi connectivity index (χ4n) is 2.64. The van der Waals surface area contributed by atoms with Crippen LogP contribution in [0, 0.1) is 17.3 Å². The molecule has 2 atom stereocenters. The second-order valence-electron chi connectivity index (χ2n) is 6.75. The molecule has 116 valence electrons. The summed E-state index contributed by atoms with van der Waals surface area (Å²) in [5, 5.41) is 9.38. The maximum absolute atomic E-state index is 12.3. The topological polar surface area (TPSA) is 60.9 Å². The number of amides is 1. The largest absolute Gasteiger partial charge is 0.481 e. The Hall–Kier alpha value is -1.10. The van der Waals surface area contributed by atoms with E-state index >= 15 is 0 Å². The fraction of sp³-hybridized carbons (Fsp3) is 0.867. The van der Waals surface area contributed by atoms with E-state index in [1.54, 1.807) is 18.9 Å². The Morgan fingerprint density at radius 1 is 1.45 bits per heavy atom. The molecule has 1 aliphatic rings. The van der Waals surface area contributed by atoms with Gasteiger partial charge in [-0.3, -0.25) is 9.59 Å². The zero-order valence-corrected chi connectivity index (χ0v) is 13.3. The molecule has 1 heterocycles. The van der Waals surface area contributed by atoms with Gasteiger partial charge in [-0.1, -0.05) is 13.8 Å². The number of carboxylic acid groups (broad SMARTS) is 1. The van der Waals surface area contributed by atoms with E-state index in [1.165, 1.54) is 0 Å². The summed E-state index contributed by atoms with van der Waals surface area (Å²) in [6.45, 7) is 8.18. The molecule has 0 aromatic rings. The third-order valence-electron chi connectivity index (χ3n) is 4.73. The van der Waals surface area contributed by atoms with Crippen molar-refractivity contribution in [3.8, 4) is 0 Å². The first kappa shape index (κ1) is 17.0. The van der Waals surface area contributed by atoms with Crippen LogP contribution in [0.25, 0.3) is 0 Å². The van der Waals surface area contributed by atoms with Crippen LogP contribution < -0.4 is 0 Å². The van der Waals surface area contributed by atoms with Crippen LogP contribution in [0.2, 0.25) is 0 Å². The van der Waals surface area contributed by atoms with Gasteiger partial charge in [-0.15, -0.1) is 0 Å². The number of rotatable bonds is 6. The number of hydrogen-bond acceptors (Lipinski definition) is 3. The Labute approximate surface area is 121 Å². The van der Waals surface area contributed by atoms with E-state index in [0.717, 1.165) is 26.1 Å². The molecule has 1 N–H and O–H groups in total. The molecule has 0 radical (unpaired) electrons. The van der Waals surface area contributed by atoms with Gasteiger partial charge >= 0.3 is 5.97 Å². The highest BCUT2D eigenvalue weighted by Crippen LogP contribution is 2.32. The van der Waals surface area contributed by atoms with Gasteiger partial charge in [0, 0.05) is 26.6 Å². The molecule has 2 unspecified atom stereocenters. The highest BCUT2D eigenvalue weighted by atomic mass is 16.4. The Balaban J connectivity index is 2.58. The van der Waals surface area contributed by atoms with Crippen LogP contribution in [0.5, 0.6) is 0 Å². The normalized spacial score (nSPS) is 22.8. The summed E-state index contributed by atoms with van der Waals surface area (Å²) < 4.78 is 0. The first-order valence-corrected chi connectivity index (χ1v) is 7.32. The number of carbonyl (C=O) groups is 2. The Kier molecular flexibility index (Phi) is 5.57. The van der Waals surface area contributed by atoms with Crippen LogP contribution in [0.4, 0.5) is 0 Å². The summed E-state index contributed by atoms with van der Waals surface area (Å²) in [5.41, 5.74) is -0.988. The smallest absolute Gasteiger partial charge is 0.310 e. The molecule has 5 heteroatoms. The Morgan fingerprint density at radius 3 is 2.45 bits per heavy atom. The van der Waals surface area contributed by atoms with Gasteiger partial charge in [0.2, 0.25) is 5.91 Å². The van der Waals surface area contributed by atoms with Crippen molar-refractivity contribution in [1.29, 1.82) is 0 Å². The van der Waals surface area contributed by atoms with E-state index in [0.29, 0.717) is 5.92 Å². The van der Waals surface area contributed by atoms with Crippen molar-refractivity contribution in [3.63, 3.8) is 0 Å². The van der Waals surface area contributed by atoms with Crippen LogP contribution in [0.15, 0.2) is 0 Å². The van der Waals surface area contributed by atoms with Crippen molar-refractivity contribution in [1.82, 2.24) is 9.80 Å². The summed E-state index contributed by atoms with van der Waals surface area (Å²) in [4.78, 5) is 27.7. The van der Waals surface area contributed by atoms with Crippen molar-refractivity contribution in [3.05, 3.63) is 0 Å². The Bertz CT molecular complexity index is 370. The minimum Gasteiger partial charge on any atom is -0.481 e. The predicted molar refractivity (Wildman–Crippen MR) is 78.4 cm³/mol. The van der Waals surface area contributed by atoms with Crippen LogP contribution in [0.1, 0.15) is 33.6 Å². The van der Waals surface area contributed by atoms with Crippen LogP contribution in [0.3, 0.4) is 0 Å². The average molecular weight is 284 g/mol. The van der Waals surface area contributed by atoms with E-state index in [1.807, 2.05) is 13.8 Å². The number of likely N-dealkylation sites (tertiary alicyclic amines) is 1. The molecular weight excluding hydrogens is 256 g/mol. The molecule has 1 aliphatic heterocycles. The second-order valence-corrected chi connectivity index (χ2v) is 6.75. The van der Waals surface area contributed by atoms with Gasteiger partial charge in [0.25, 0.3) is 0 Å². The number of nitrogens with zero attached hydrogens (tertiary/aromatic N) is 2. The van der Waals surface area contributed by atoms with Crippen molar-refractivity contribution in [2.24, 2.45) is 17.3 Å². The average Bonchev–Trinajstić information content (AvgIpc) is 2.73.